The fourth-order valence-electron chi connectivity index (χ4n) is 2.26. The molecule has 0 bridgehead atoms. The van der Waals surface area contributed by atoms with Gasteiger partial charge in [-0.3, -0.25) is 9.78 Å². The maximum Gasteiger partial charge on any atom is 0.306 e. The maximum atomic E-state index is 11.0. The zero-order chi connectivity index (χ0) is 15.4. The van der Waals surface area contributed by atoms with Crippen molar-refractivity contribution in [2.45, 2.75) is 33.6 Å². The summed E-state index contributed by atoms with van der Waals surface area (Å²) in [5.41, 5.74) is 3.70. The summed E-state index contributed by atoms with van der Waals surface area (Å²) in [6.07, 6.45) is 4.62. The Balaban J connectivity index is 2.23. The van der Waals surface area contributed by atoms with Crippen molar-refractivity contribution in [3.05, 3.63) is 52.9 Å². The quantitative estimate of drug-likeness (QED) is 0.912. The molecule has 0 spiro atoms. The Labute approximate surface area is 124 Å². The van der Waals surface area contributed by atoms with Crippen molar-refractivity contribution in [3.63, 3.8) is 0 Å². The standard InChI is InChI=1S/C16H19N3O2/c1-10(16(20)21)7-14-11(2)18-15(19-12(14)3)8-13-5-4-6-17-9-13/h4-6,9-10H,7-8H2,1-3H3,(H,20,21). The van der Waals surface area contributed by atoms with Crippen molar-refractivity contribution in [3.8, 4) is 0 Å². The second-order valence-electron chi connectivity index (χ2n) is 5.27. The van der Waals surface area contributed by atoms with E-state index in [1.807, 2.05) is 26.0 Å². The van der Waals surface area contributed by atoms with Crippen molar-refractivity contribution in [1.29, 1.82) is 0 Å². The monoisotopic (exact) mass is 285 g/mol. The first kappa shape index (κ1) is 15.1. The van der Waals surface area contributed by atoms with Gasteiger partial charge in [-0.15, -0.1) is 0 Å². The zero-order valence-electron chi connectivity index (χ0n) is 12.5. The summed E-state index contributed by atoms with van der Waals surface area (Å²) in [6, 6.07) is 3.87. The second kappa shape index (κ2) is 6.43. The van der Waals surface area contributed by atoms with E-state index in [4.69, 9.17) is 5.11 Å². The maximum absolute atomic E-state index is 11.0. The molecule has 0 amide bonds. The summed E-state index contributed by atoms with van der Waals surface area (Å²) >= 11 is 0. The molecule has 0 aliphatic heterocycles. The van der Waals surface area contributed by atoms with Gasteiger partial charge in [0.1, 0.15) is 5.82 Å². The molecule has 0 aromatic carbocycles. The van der Waals surface area contributed by atoms with Crippen LogP contribution >= 0.6 is 0 Å². The number of nitrogens with zero attached hydrogens (tertiary/aromatic N) is 3. The van der Waals surface area contributed by atoms with Gasteiger partial charge in [0.25, 0.3) is 0 Å². The van der Waals surface area contributed by atoms with E-state index in [-0.39, 0.29) is 0 Å². The third-order valence-corrected chi connectivity index (χ3v) is 3.48. The van der Waals surface area contributed by atoms with E-state index in [9.17, 15) is 4.79 Å². The first-order valence-corrected chi connectivity index (χ1v) is 6.92. The summed E-state index contributed by atoms with van der Waals surface area (Å²) in [5, 5.41) is 9.03. The molecule has 2 rings (SSSR count). The largest absolute Gasteiger partial charge is 0.481 e. The Bertz CT molecular complexity index is 618. The number of carboxylic acid groups (broad SMARTS) is 1. The van der Waals surface area contributed by atoms with Gasteiger partial charge >= 0.3 is 5.97 Å². The van der Waals surface area contributed by atoms with Gasteiger partial charge in [-0.1, -0.05) is 13.0 Å². The van der Waals surface area contributed by atoms with Crippen LogP contribution in [0.3, 0.4) is 0 Å². The molecule has 21 heavy (non-hydrogen) atoms. The SMILES string of the molecule is Cc1nc(Cc2cccnc2)nc(C)c1CC(C)C(=O)O. The number of aromatic nitrogens is 3. The number of rotatable bonds is 5. The van der Waals surface area contributed by atoms with Crippen LogP contribution in [0.25, 0.3) is 0 Å². The van der Waals surface area contributed by atoms with Gasteiger partial charge in [0.05, 0.1) is 5.92 Å². The molecule has 0 saturated heterocycles. The van der Waals surface area contributed by atoms with E-state index in [0.29, 0.717) is 12.8 Å². The lowest BCUT2D eigenvalue weighted by atomic mass is 9.99. The molecule has 0 fully saturated rings. The Morgan fingerprint density at radius 1 is 1.29 bits per heavy atom. The van der Waals surface area contributed by atoms with E-state index in [0.717, 1.165) is 28.3 Å². The number of pyridine rings is 1. The fraction of sp³-hybridized carbons (Fsp3) is 0.375. The number of hydrogen-bond acceptors (Lipinski definition) is 4. The summed E-state index contributed by atoms with van der Waals surface area (Å²) in [4.78, 5) is 24.1. The second-order valence-corrected chi connectivity index (χ2v) is 5.27. The minimum Gasteiger partial charge on any atom is -0.481 e. The molecule has 110 valence electrons. The summed E-state index contributed by atoms with van der Waals surface area (Å²) < 4.78 is 0. The van der Waals surface area contributed by atoms with E-state index in [2.05, 4.69) is 15.0 Å². The van der Waals surface area contributed by atoms with Crippen LogP contribution in [0.4, 0.5) is 0 Å². The van der Waals surface area contributed by atoms with Crippen LogP contribution < -0.4 is 0 Å². The Morgan fingerprint density at radius 3 is 2.48 bits per heavy atom. The van der Waals surface area contributed by atoms with Gasteiger partial charge in [-0.2, -0.15) is 0 Å². The topological polar surface area (TPSA) is 76.0 Å². The molecule has 5 nitrogen and oxygen atoms in total. The lowest BCUT2D eigenvalue weighted by Gasteiger charge is -2.13. The molecule has 0 aliphatic rings. The molecule has 2 aromatic heterocycles. The summed E-state index contributed by atoms with van der Waals surface area (Å²) in [6.45, 7) is 5.52. The van der Waals surface area contributed by atoms with Crippen molar-refractivity contribution in [2.24, 2.45) is 5.92 Å². The molecule has 5 heteroatoms. The predicted octanol–water partition coefficient (Wildman–Crippen LogP) is 2.34. The first-order chi connectivity index (χ1) is 9.97. The van der Waals surface area contributed by atoms with Crippen molar-refractivity contribution in [2.75, 3.05) is 0 Å². The number of hydrogen-bond donors (Lipinski definition) is 1. The van der Waals surface area contributed by atoms with Gasteiger partial charge in [0.15, 0.2) is 0 Å². The lowest BCUT2D eigenvalue weighted by Crippen LogP contribution is -2.15. The number of aliphatic carboxylic acids is 1. The molecular weight excluding hydrogens is 266 g/mol. The van der Waals surface area contributed by atoms with Gasteiger partial charge < -0.3 is 5.11 Å². The molecule has 0 saturated carbocycles. The van der Waals surface area contributed by atoms with Crippen LogP contribution in [0.15, 0.2) is 24.5 Å². The van der Waals surface area contributed by atoms with E-state index >= 15 is 0 Å². The molecule has 1 atom stereocenters. The van der Waals surface area contributed by atoms with Crippen LogP contribution in [0.5, 0.6) is 0 Å². The highest BCUT2D eigenvalue weighted by Gasteiger charge is 2.16. The van der Waals surface area contributed by atoms with Crippen LogP contribution in [0, 0.1) is 19.8 Å². The van der Waals surface area contributed by atoms with E-state index in [1.54, 1.807) is 19.3 Å². The summed E-state index contributed by atoms with van der Waals surface area (Å²) in [7, 11) is 0. The van der Waals surface area contributed by atoms with Crippen molar-refractivity contribution in [1.82, 2.24) is 15.0 Å². The minimum absolute atomic E-state index is 0.435. The molecular formula is C16H19N3O2. The normalized spacial score (nSPS) is 12.1. The van der Waals surface area contributed by atoms with Gasteiger partial charge in [-0.25, -0.2) is 9.97 Å². The molecule has 1 N–H and O–H groups in total. The van der Waals surface area contributed by atoms with Crippen LogP contribution in [-0.2, 0) is 17.6 Å². The minimum atomic E-state index is -0.798. The van der Waals surface area contributed by atoms with E-state index in [1.165, 1.54) is 0 Å². The molecule has 2 heterocycles. The smallest absolute Gasteiger partial charge is 0.306 e. The third kappa shape index (κ3) is 3.84. The van der Waals surface area contributed by atoms with Crippen LogP contribution in [0.1, 0.15) is 35.3 Å². The highest BCUT2D eigenvalue weighted by molar-refractivity contribution is 5.70. The Hall–Kier alpha value is -2.30. The molecule has 2 aromatic rings. The highest BCUT2D eigenvalue weighted by Crippen LogP contribution is 2.17. The summed E-state index contributed by atoms with van der Waals surface area (Å²) in [5.74, 6) is -0.492. The lowest BCUT2D eigenvalue weighted by molar-refractivity contribution is -0.141. The van der Waals surface area contributed by atoms with Gasteiger partial charge in [0, 0.05) is 30.2 Å². The van der Waals surface area contributed by atoms with Gasteiger partial charge in [0.2, 0.25) is 0 Å². The van der Waals surface area contributed by atoms with Crippen molar-refractivity contribution >= 4 is 5.97 Å². The highest BCUT2D eigenvalue weighted by atomic mass is 16.4. The average molecular weight is 285 g/mol. The predicted molar refractivity (Wildman–Crippen MR) is 79.1 cm³/mol. The number of carbonyl (C=O) groups is 1. The van der Waals surface area contributed by atoms with Crippen LogP contribution in [0.2, 0.25) is 0 Å². The van der Waals surface area contributed by atoms with Crippen LogP contribution in [-0.4, -0.2) is 26.0 Å². The van der Waals surface area contributed by atoms with Gasteiger partial charge in [-0.05, 0) is 37.5 Å². The Kier molecular flexibility index (Phi) is 4.62. The number of aryl methyl sites for hydroxylation is 2. The first-order valence-electron chi connectivity index (χ1n) is 6.92. The molecule has 1 unspecified atom stereocenters. The Morgan fingerprint density at radius 2 is 1.95 bits per heavy atom. The molecule has 0 aliphatic carbocycles. The average Bonchev–Trinajstić information content (AvgIpc) is 2.43. The zero-order valence-corrected chi connectivity index (χ0v) is 12.5. The van der Waals surface area contributed by atoms with Crippen molar-refractivity contribution < 1.29 is 9.90 Å². The third-order valence-electron chi connectivity index (χ3n) is 3.48. The number of carboxylic acids is 1. The van der Waals surface area contributed by atoms with E-state index < -0.39 is 11.9 Å². The molecule has 0 radical (unpaired) electrons. The fourth-order valence-corrected chi connectivity index (χ4v) is 2.26.